The molecule has 0 heterocycles. The van der Waals surface area contributed by atoms with E-state index in [9.17, 15) is 9.59 Å². The Morgan fingerprint density at radius 3 is 2.56 bits per heavy atom. The average Bonchev–Trinajstić information content (AvgIpc) is 2.62. The number of anilines is 1. The lowest BCUT2D eigenvalue weighted by Crippen LogP contribution is -2.31. The molecule has 0 aliphatic rings. The van der Waals surface area contributed by atoms with Gasteiger partial charge in [-0.2, -0.15) is 0 Å². The molecule has 6 nitrogen and oxygen atoms in total. The summed E-state index contributed by atoms with van der Waals surface area (Å²) in [5.74, 6) is -0.427. The summed E-state index contributed by atoms with van der Waals surface area (Å²) in [4.78, 5) is 24.2. The van der Waals surface area contributed by atoms with E-state index in [1.165, 1.54) is 20.1 Å². The van der Waals surface area contributed by atoms with Crippen LogP contribution in [0.1, 0.15) is 12.5 Å². The van der Waals surface area contributed by atoms with Crippen molar-refractivity contribution in [2.45, 2.75) is 20.0 Å². The lowest BCUT2D eigenvalue weighted by molar-refractivity contribution is -0.155. The van der Waals surface area contributed by atoms with E-state index in [4.69, 9.17) is 37.4 Å². The maximum Gasteiger partial charge on any atom is 0.344 e. The fourth-order valence-corrected chi connectivity index (χ4v) is 2.50. The highest BCUT2D eigenvalue weighted by Gasteiger charge is 2.20. The van der Waals surface area contributed by atoms with E-state index in [0.717, 1.165) is 5.56 Å². The molecule has 0 unspecified atom stereocenters. The number of methoxy groups -OCH3 is 1. The van der Waals surface area contributed by atoms with Crippen LogP contribution in [0.3, 0.4) is 0 Å². The van der Waals surface area contributed by atoms with E-state index in [1.54, 1.807) is 24.3 Å². The van der Waals surface area contributed by atoms with Gasteiger partial charge in [0.05, 0.1) is 17.8 Å². The molecule has 0 saturated heterocycles. The van der Waals surface area contributed by atoms with Crippen molar-refractivity contribution in [3.63, 3.8) is 0 Å². The number of nitrogens with one attached hydrogen (secondary N) is 1. The van der Waals surface area contributed by atoms with Gasteiger partial charge in [0.1, 0.15) is 11.5 Å². The fraction of sp³-hybridized carbons (Fsp3) is 0.263. The van der Waals surface area contributed by atoms with Crippen LogP contribution >= 0.6 is 23.2 Å². The van der Waals surface area contributed by atoms with Gasteiger partial charge in [-0.25, -0.2) is 4.79 Å². The van der Waals surface area contributed by atoms with Gasteiger partial charge in [-0.15, -0.1) is 0 Å². The van der Waals surface area contributed by atoms with Gasteiger partial charge in [0, 0.05) is 5.02 Å². The predicted octanol–water partition coefficient (Wildman–Crippen LogP) is 4.26. The first-order valence-electron chi connectivity index (χ1n) is 8.03. The van der Waals surface area contributed by atoms with E-state index < -0.39 is 18.0 Å². The third-order valence-corrected chi connectivity index (χ3v) is 4.08. The minimum atomic E-state index is -1.04. The number of amides is 1. The van der Waals surface area contributed by atoms with Crippen LogP contribution in [0, 0.1) is 6.92 Å². The van der Waals surface area contributed by atoms with Crippen LogP contribution in [0.2, 0.25) is 10.0 Å². The van der Waals surface area contributed by atoms with Crippen molar-refractivity contribution < 1.29 is 23.8 Å². The largest absolute Gasteiger partial charge is 0.495 e. The summed E-state index contributed by atoms with van der Waals surface area (Å²) in [6.45, 7) is 2.95. The average molecular weight is 412 g/mol. The molecule has 0 fully saturated rings. The molecule has 0 aliphatic heterocycles. The van der Waals surface area contributed by atoms with E-state index in [0.29, 0.717) is 27.2 Å². The Kier molecular flexibility index (Phi) is 7.33. The van der Waals surface area contributed by atoms with Crippen molar-refractivity contribution in [2.24, 2.45) is 0 Å². The summed E-state index contributed by atoms with van der Waals surface area (Å²) in [7, 11) is 1.47. The Balaban J connectivity index is 1.91. The van der Waals surface area contributed by atoms with E-state index >= 15 is 0 Å². The Labute approximate surface area is 167 Å². The zero-order valence-electron chi connectivity index (χ0n) is 15.0. The summed E-state index contributed by atoms with van der Waals surface area (Å²) in [6, 6.07) is 9.99. The SMILES string of the molecule is COc1ccc(Cl)cc1NC(=O)[C@H](C)OC(=O)COc1cc(C)ccc1Cl. The van der Waals surface area contributed by atoms with E-state index in [-0.39, 0.29) is 6.61 Å². The molecular formula is C19H19Cl2NO5. The summed E-state index contributed by atoms with van der Waals surface area (Å²) >= 11 is 11.9. The molecular weight excluding hydrogens is 393 g/mol. The number of carbonyl (C=O) groups excluding carboxylic acids is 2. The summed E-state index contributed by atoms with van der Waals surface area (Å²) in [6.07, 6.45) is -1.04. The van der Waals surface area contributed by atoms with Crippen molar-refractivity contribution in [1.29, 1.82) is 0 Å². The molecule has 144 valence electrons. The number of hydrogen-bond acceptors (Lipinski definition) is 5. The summed E-state index contributed by atoms with van der Waals surface area (Å²) in [5, 5.41) is 3.42. The third-order valence-electron chi connectivity index (χ3n) is 3.53. The van der Waals surface area contributed by atoms with Crippen molar-refractivity contribution in [1.82, 2.24) is 0 Å². The van der Waals surface area contributed by atoms with Crippen LogP contribution in [0.4, 0.5) is 5.69 Å². The summed E-state index contributed by atoms with van der Waals surface area (Å²) < 4.78 is 15.6. The zero-order valence-corrected chi connectivity index (χ0v) is 16.6. The van der Waals surface area contributed by atoms with Crippen LogP contribution < -0.4 is 14.8 Å². The van der Waals surface area contributed by atoms with Crippen molar-refractivity contribution in [3.8, 4) is 11.5 Å². The fourth-order valence-electron chi connectivity index (χ4n) is 2.15. The topological polar surface area (TPSA) is 73.9 Å². The van der Waals surface area contributed by atoms with Crippen LogP contribution in [-0.2, 0) is 14.3 Å². The first-order valence-corrected chi connectivity index (χ1v) is 8.78. The minimum absolute atomic E-state index is 0.370. The van der Waals surface area contributed by atoms with Gasteiger partial charge >= 0.3 is 5.97 Å². The molecule has 8 heteroatoms. The number of halogens is 2. The zero-order chi connectivity index (χ0) is 20.0. The monoisotopic (exact) mass is 411 g/mol. The van der Waals surface area contributed by atoms with Gasteiger partial charge < -0.3 is 19.5 Å². The van der Waals surface area contributed by atoms with Crippen molar-refractivity contribution >= 4 is 40.8 Å². The normalized spacial score (nSPS) is 11.4. The minimum Gasteiger partial charge on any atom is -0.495 e. The first-order chi connectivity index (χ1) is 12.8. The molecule has 2 aromatic rings. The lowest BCUT2D eigenvalue weighted by atomic mass is 10.2. The van der Waals surface area contributed by atoms with Crippen LogP contribution in [0.15, 0.2) is 36.4 Å². The Morgan fingerprint density at radius 2 is 1.85 bits per heavy atom. The maximum atomic E-state index is 12.3. The number of hydrogen-bond donors (Lipinski definition) is 1. The summed E-state index contributed by atoms with van der Waals surface area (Å²) in [5.41, 5.74) is 1.31. The molecule has 0 saturated carbocycles. The highest BCUT2D eigenvalue weighted by Crippen LogP contribution is 2.28. The second-order valence-electron chi connectivity index (χ2n) is 5.69. The van der Waals surface area contributed by atoms with Gasteiger partial charge in [-0.3, -0.25) is 4.79 Å². The third kappa shape index (κ3) is 6.05. The number of rotatable bonds is 7. The maximum absolute atomic E-state index is 12.3. The predicted molar refractivity (Wildman–Crippen MR) is 104 cm³/mol. The highest BCUT2D eigenvalue weighted by molar-refractivity contribution is 6.32. The van der Waals surface area contributed by atoms with Crippen LogP contribution in [0.25, 0.3) is 0 Å². The first kappa shape index (κ1) is 20.9. The molecule has 1 amide bonds. The Morgan fingerprint density at radius 1 is 1.11 bits per heavy atom. The Hall–Kier alpha value is -2.44. The molecule has 27 heavy (non-hydrogen) atoms. The van der Waals surface area contributed by atoms with Gasteiger partial charge in [0.25, 0.3) is 5.91 Å². The van der Waals surface area contributed by atoms with E-state index in [2.05, 4.69) is 5.32 Å². The highest BCUT2D eigenvalue weighted by atomic mass is 35.5. The standard InChI is InChI=1S/C19H19Cl2NO5/c1-11-4-6-14(21)17(8-11)26-10-18(23)27-12(2)19(24)22-15-9-13(20)5-7-16(15)25-3/h4-9,12H,10H2,1-3H3,(H,22,24)/t12-/m0/s1. The van der Waals surface area contributed by atoms with E-state index in [1.807, 2.05) is 13.0 Å². The number of aryl methyl sites for hydroxylation is 1. The number of benzene rings is 2. The molecule has 0 bridgehead atoms. The molecule has 2 aromatic carbocycles. The molecule has 0 radical (unpaired) electrons. The van der Waals surface area contributed by atoms with Gasteiger partial charge in [0.15, 0.2) is 12.7 Å². The molecule has 0 aliphatic carbocycles. The molecule has 2 rings (SSSR count). The van der Waals surface area contributed by atoms with Gasteiger partial charge in [0.2, 0.25) is 0 Å². The number of ether oxygens (including phenoxy) is 3. The second-order valence-corrected chi connectivity index (χ2v) is 6.53. The van der Waals surface area contributed by atoms with Gasteiger partial charge in [-0.1, -0.05) is 29.3 Å². The molecule has 1 N–H and O–H groups in total. The molecule has 0 aromatic heterocycles. The van der Waals surface area contributed by atoms with Crippen molar-refractivity contribution in [3.05, 3.63) is 52.0 Å². The lowest BCUT2D eigenvalue weighted by Gasteiger charge is -2.16. The van der Waals surface area contributed by atoms with Crippen LogP contribution in [-0.4, -0.2) is 31.7 Å². The van der Waals surface area contributed by atoms with Crippen molar-refractivity contribution in [2.75, 3.05) is 19.0 Å². The van der Waals surface area contributed by atoms with Crippen LogP contribution in [0.5, 0.6) is 11.5 Å². The molecule has 1 atom stereocenters. The van der Waals surface area contributed by atoms with Gasteiger partial charge in [-0.05, 0) is 49.7 Å². The number of carbonyl (C=O) groups is 2. The molecule has 0 spiro atoms. The number of esters is 1. The smallest absolute Gasteiger partial charge is 0.344 e. The quantitative estimate of drug-likeness (QED) is 0.688. The second kappa shape index (κ2) is 9.48. The Bertz CT molecular complexity index is 841.